The zero-order chi connectivity index (χ0) is 11.4. The molecule has 17 heavy (non-hydrogen) atoms. The second-order valence-electron chi connectivity index (χ2n) is 6.53. The minimum Gasteiger partial charge on any atom is -0.481 e. The number of rotatable bonds is 1. The SMILES string of the molecule is O=C(O)[C@]12[C@H]3[C@H]4[C@@H]5[C@H]1[C@H]2[C@](Br)([C@@H]43)C51OCCO1. The number of alkyl halides is 1. The average molecular weight is 299 g/mol. The van der Waals surface area contributed by atoms with E-state index in [4.69, 9.17) is 9.47 Å². The normalized spacial score (nSPS) is 73.5. The molecule has 4 nitrogen and oxygen atoms in total. The summed E-state index contributed by atoms with van der Waals surface area (Å²) < 4.78 is 11.8. The maximum Gasteiger partial charge on any atom is 0.310 e. The van der Waals surface area contributed by atoms with Crippen LogP contribution in [0.4, 0.5) is 0 Å². The van der Waals surface area contributed by atoms with E-state index in [-0.39, 0.29) is 10.2 Å². The summed E-state index contributed by atoms with van der Waals surface area (Å²) in [6.45, 7) is 1.32. The largest absolute Gasteiger partial charge is 0.481 e. The Morgan fingerprint density at radius 1 is 1.18 bits per heavy atom. The Hall–Kier alpha value is -0.130. The molecular weight excluding hydrogens is 288 g/mol. The van der Waals surface area contributed by atoms with Gasteiger partial charge in [0.2, 0.25) is 0 Å². The van der Waals surface area contributed by atoms with Gasteiger partial charge in [-0.1, -0.05) is 15.9 Å². The Kier molecular flexibility index (Phi) is 0.998. The van der Waals surface area contributed by atoms with Crippen LogP contribution in [0.25, 0.3) is 0 Å². The van der Waals surface area contributed by atoms with Crippen LogP contribution in [-0.4, -0.2) is 34.4 Å². The first-order valence-electron chi connectivity index (χ1n) is 6.33. The summed E-state index contributed by atoms with van der Waals surface area (Å²) in [4.78, 5) is 11.6. The second-order valence-corrected chi connectivity index (χ2v) is 7.84. The van der Waals surface area contributed by atoms with E-state index < -0.39 is 17.2 Å². The highest BCUT2D eigenvalue weighted by Gasteiger charge is 3.10. The molecule has 6 aliphatic carbocycles. The lowest BCUT2D eigenvalue weighted by Gasteiger charge is -2.37. The van der Waals surface area contributed by atoms with Gasteiger partial charge in [0.25, 0.3) is 0 Å². The van der Waals surface area contributed by atoms with E-state index in [0.717, 1.165) is 0 Å². The molecule has 90 valence electrons. The second kappa shape index (κ2) is 1.91. The van der Waals surface area contributed by atoms with Crippen LogP contribution < -0.4 is 0 Å². The first-order chi connectivity index (χ1) is 8.13. The minimum absolute atomic E-state index is 0.181. The Labute approximate surface area is 106 Å². The van der Waals surface area contributed by atoms with Crippen molar-refractivity contribution in [3.63, 3.8) is 0 Å². The van der Waals surface area contributed by atoms with Gasteiger partial charge < -0.3 is 14.6 Å². The molecule has 1 N–H and O–H groups in total. The molecule has 0 unspecified atom stereocenters. The van der Waals surface area contributed by atoms with Crippen LogP contribution >= 0.6 is 15.9 Å². The lowest BCUT2D eigenvalue weighted by atomic mass is 9.94. The van der Waals surface area contributed by atoms with E-state index in [1.54, 1.807) is 0 Å². The molecule has 0 amide bonds. The molecule has 6 saturated carbocycles. The minimum atomic E-state index is -0.568. The number of hydrogen-bond donors (Lipinski definition) is 1. The third-order valence-corrected chi connectivity index (χ3v) is 8.32. The number of aliphatic carboxylic acids is 1. The number of carboxylic acid groups (broad SMARTS) is 1. The van der Waals surface area contributed by atoms with Crippen molar-refractivity contribution in [2.45, 2.75) is 10.1 Å². The first kappa shape index (κ1) is 8.88. The predicted molar refractivity (Wildman–Crippen MR) is 57.3 cm³/mol. The van der Waals surface area contributed by atoms with Gasteiger partial charge in [-0.15, -0.1) is 0 Å². The summed E-state index contributed by atoms with van der Waals surface area (Å²) >= 11 is 3.90. The van der Waals surface area contributed by atoms with Crippen LogP contribution in [0.2, 0.25) is 0 Å². The highest BCUT2D eigenvalue weighted by atomic mass is 79.9. The monoisotopic (exact) mass is 298 g/mol. The smallest absolute Gasteiger partial charge is 0.310 e. The Balaban J connectivity index is 1.63. The third kappa shape index (κ3) is 0.479. The van der Waals surface area contributed by atoms with E-state index in [9.17, 15) is 9.90 Å². The molecule has 1 spiro atoms. The molecule has 8 atom stereocenters. The van der Waals surface area contributed by atoms with Crippen molar-refractivity contribution in [1.82, 2.24) is 0 Å². The quantitative estimate of drug-likeness (QED) is 0.724. The van der Waals surface area contributed by atoms with Crippen molar-refractivity contribution < 1.29 is 19.4 Å². The van der Waals surface area contributed by atoms with Gasteiger partial charge in [-0.25, -0.2) is 0 Å². The highest BCUT2D eigenvalue weighted by Crippen LogP contribution is 3.04. The summed E-state index contributed by atoms with van der Waals surface area (Å²) in [7, 11) is 0. The maximum atomic E-state index is 11.6. The molecule has 0 aromatic heterocycles. The molecule has 7 aliphatic rings. The lowest BCUT2D eigenvalue weighted by molar-refractivity contribution is -0.193. The zero-order valence-corrected chi connectivity index (χ0v) is 10.5. The van der Waals surface area contributed by atoms with Gasteiger partial charge in [0.05, 0.1) is 23.0 Å². The summed E-state index contributed by atoms with van der Waals surface area (Å²) in [5.41, 5.74) is -0.399. The van der Waals surface area contributed by atoms with Crippen molar-refractivity contribution in [2.24, 2.45) is 40.9 Å². The standard InChI is InChI=1S/C12H11BrO4/c13-11-5-3-4(5)10(9(14)15)7(8(10)11)6(3)12(11)16-1-2-17-12/h3-8H,1-2H2,(H,14,15)/t3-,4+,5+,6-,7+,8-,10-,11-/m1/s1. The summed E-state index contributed by atoms with van der Waals surface area (Å²) in [6, 6.07) is 0. The lowest BCUT2D eigenvalue weighted by Crippen LogP contribution is -2.50. The van der Waals surface area contributed by atoms with Gasteiger partial charge in [-0.3, -0.25) is 4.79 Å². The fraction of sp³-hybridized carbons (Fsp3) is 0.917. The average Bonchev–Trinajstić information content (AvgIpc) is 2.97. The zero-order valence-electron chi connectivity index (χ0n) is 8.93. The predicted octanol–water partition coefficient (Wildman–Crippen LogP) is 0.699. The van der Waals surface area contributed by atoms with E-state index in [1.807, 2.05) is 0 Å². The Morgan fingerprint density at radius 3 is 2.29 bits per heavy atom. The van der Waals surface area contributed by atoms with E-state index in [2.05, 4.69) is 15.9 Å². The number of carbonyl (C=O) groups is 1. The summed E-state index contributed by atoms with van der Waals surface area (Å²) in [6.07, 6.45) is 0. The van der Waals surface area contributed by atoms with Crippen LogP contribution in [0.1, 0.15) is 0 Å². The molecule has 1 aliphatic heterocycles. The molecule has 0 aromatic rings. The van der Waals surface area contributed by atoms with Gasteiger partial charge in [-0.05, 0) is 23.7 Å². The molecule has 2 bridgehead atoms. The van der Waals surface area contributed by atoms with Crippen LogP contribution in [0.5, 0.6) is 0 Å². The number of carboxylic acids is 1. The molecule has 0 radical (unpaired) electrons. The molecule has 7 fully saturated rings. The van der Waals surface area contributed by atoms with Crippen molar-refractivity contribution in [3.8, 4) is 0 Å². The van der Waals surface area contributed by atoms with Gasteiger partial charge in [0.15, 0.2) is 5.79 Å². The van der Waals surface area contributed by atoms with Gasteiger partial charge in [0, 0.05) is 11.8 Å². The fourth-order valence-corrected chi connectivity index (χ4v) is 8.56. The van der Waals surface area contributed by atoms with E-state index in [1.165, 1.54) is 0 Å². The molecule has 7 rings (SSSR count). The third-order valence-electron chi connectivity index (χ3n) is 6.74. The Bertz CT molecular complexity index is 515. The van der Waals surface area contributed by atoms with Crippen molar-refractivity contribution in [1.29, 1.82) is 0 Å². The number of halogens is 1. The van der Waals surface area contributed by atoms with E-state index >= 15 is 0 Å². The van der Waals surface area contributed by atoms with E-state index in [0.29, 0.717) is 42.8 Å². The first-order valence-corrected chi connectivity index (χ1v) is 7.13. The van der Waals surface area contributed by atoms with Crippen LogP contribution in [-0.2, 0) is 14.3 Å². The highest BCUT2D eigenvalue weighted by molar-refractivity contribution is 9.10. The van der Waals surface area contributed by atoms with Crippen molar-refractivity contribution in [3.05, 3.63) is 0 Å². The van der Waals surface area contributed by atoms with Crippen LogP contribution in [0.15, 0.2) is 0 Å². The van der Waals surface area contributed by atoms with Crippen molar-refractivity contribution >= 4 is 21.9 Å². The topological polar surface area (TPSA) is 55.8 Å². The van der Waals surface area contributed by atoms with Crippen LogP contribution in [0.3, 0.4) is 0 Å². The molecular formula is C12H11BrO4. The maximum absolute atomic E-state index is 11.6. The molecule has 1 saturated heterocycles. The fourth-order valence-electron chi connectivity index (χ4n) is 6.82. The molecule has 1 heterocycles. The number of hydrogen-bond acceptors (Lipinski definition) is 3. The van der Waals surface area contributed by atoms with Crippen molar-refractivity contribution in [2.75, 3.05) is 13.2 Å². The summed E-state index contributed by atoms with van der Waals surface area (Å²) in [5, 5.41) is 9.59. The van der Waals surface area contributed by atoms with Gasteiger partial charge in [-0.2, -0.15) is 0 Å². The Morgan fingerprint density at radius 2 is 1.88 bits per heavy atom. The number of ether oxygens (including phenoxy) is 2. The van der Waals surface area contributed by atoms with Crippen LogP contribution in [0, 0.1) is 40.9 Å². The van der Waals surface area contributed by atoms with Gasteiger partial charge in [0.1, 0.15) is 0 Å². The molecule has 0 aromatic carbocycles. The summed E-state index contributed by atoms with van der Waals surface area (Å²) in [5.74, 6) is 1.35. The van der Waals surface area contributed by atoms with Gasteiger partial charge >= 0.3 is 5.97 Å². The molecule has 5 heteroatoms.